The molecule has 7 nitrogen and oxygen atoms in total. The van der Waals surface area contributed by atoms with Crippen molar-refractivity contribution in [3.8, 4) is 5.69 Å². The zero-order valence-corrected chi connectivity index (χ0v) is 10.4. The smallest absolute Gasteiger partial charge is 0.341 e. The predicted octanol–water partition coefficient (Wildman–Crippen LogP) is 1.88. The van der Waals surface area contributed by atoms with Crippen molar-refractivity contribution in [1.82, 2.24) is 9.78 Å². The first-order valence-corrected chi connectivity index (χ1v) is 5.42. The molecule has 98 valence electrons. The summed E-state index contributed by atoms with van der Waals surface area (Å²) in [5, 5.41) is 14.7. The maximum absolute atomic E-state index is 11.5. The van der Waals surface area contributed by atoms with Gasteiger partial charge >= 0.3 is 5.97 Å². The fraction of sp³-hybridized carbons (Fsp3) is 0.167. The molecule has 7 heteroatoms. The molecule has 0 aliphatic rings. The zero-order valence-electron chi connectivity index (χ0n) is 10.4. The molecule has 0 spiro atoms. The zero-order chi connectivity index (χ0) is 14.0. The summed E-state index contributed by atoms with van der Waals surface area (Å²) in [5.74, 6) is -0.467. The third-order valence-electron chi connectivity index (χ3n) is 2.63. The first-order valence-electron chi connectivity index (χ1n) is 5.42. The molecule has 0 saturated carbocycles. The van der Waals surface area contributed by atoms with E-state index >= 15 is 0 Å². The van der Waals surface area contributed by atoms with E-state index in [9.17, 15) is 14.9 Å². The molecule has 1 aromatic carbocycles. The number of nitro groups is 1. The van der Waals surface area contributed by atoms with E-state index in [4.69, 9.17) is 0 Å². The van der Waals surface area contributed by atoms with Gasteiger partial charge < -0.3 is 4.74 Å². The van der Waals surface area contributed by atoms with Crippen molar-refractivity contribution in [3.05, 3.63) is 51.8 Å². The van der Waals surface area contributed by atoms with Gasteiger partial charge in [-0.25, -0.2) is 9.48 Å². The highest BCUT2D eigenvalue weighted by Gasteiger charge is 2.14. The standard InChI is InChI=1S/C12H11N3O4/c1-8-11(12(16)19-2)7-14(13-8)9-3-5-10(6-4-9)15(17)18/h3-7H,1-2H3. The molecule has 2 aromatic rings. The molecule has 1 heterocycles. The Morgan fingerprint density at radius 2 is 2.00 bits per heavy atom. The van der Waals surface area contributed by atoms with Crippen molar-refractivity contribution in [2.24, 2.45) is 0 Å². The maximum Gasteiger partial charge on any atom is 0.341 e. The highest BCUT2D eigenvalue weighted by Crippen LogP contribution is 2.16. The van der Waals surface area contributed by atoms with Gasteiger partial charge in [-0.3, -0.25) is 10.1 Å². The van der Waals surface area contributed by atoms with Gasteiger partial charge in [0.1, 0.15) is 5.56 Å². The second kappa shape index (κ2) is 4.89. The van der Waals surface area contributed by atoms with Gasteiger partial charge in [-0.2, -0.15) is 5.10 Å². The van der Waals surface area contributed by atoms with Gasteiger partial charge in [0.15, 0.2) is 0 Å². The number of aromatic nitrogens is 2. The Balaban J connectivity index is 2.37. The van der Waals surface area contributed by atoms with Crippen LogP contribution in [-0.2, 0) is 4.74 Å². The van der Waals surface area contributed by atoms with Crippen molar-refractivity contribution in [2.45, 2.75) is 6.92 Å². The summed E-state index contributed by atoms with van der Waals surface area (Å²) in [4.78, 5) is 21.5. The van der Waals surface area contributed by atoms with Crippen LogP contribution in [0.2, 0.25) is 0 Å². The van der Waals surface area contributed by atoms with Gasteiger partial charge in [0.2, 0.25) is 0 Å². The van der Waals surface area contributed by atoms with Crippen LogP contribution in [0.3, 0.4) is 0 Å². The number of carbonyl (C=O) groups is 1. The monoisotopic (exact) mass is 261 g/mol. The molecule has 19 heavy (non-hydrogen) atoms. The first-order chi connectivity index (χ1) is 9.02. The average Bonchev–Trinajstić information content (AvgIpc) is 2.80. The number of nitro benzene ring substituents is 1. The first kappa shape index (κ1) is 12.7. The molecule has 0 bridgehead atoms. The molecule has 0 radical (unpaired) electrons. The molecule has 0 aliphatic heterocycles. The number of non-ortho nitro benzene ring substituents is 1. The Morgan fingerprint density at radius 3 is 2.53 bits per heavy atom. The van der Waals surface area contributed by atoms with E-state index in [0.29, 0.717) is 16.9 Å². The quantitative estimate of drug-likeness (QED) is 0.478. The molecule has 0 atom stereocenters. The summed E-state index contributed by atoms with van der Waals surface area (Å²) in [6, 6.07) is 5.88. The minimum absolute atomic E-state index is 0.000759. The molecule has 0 saturated heterocycles. The number of methoxy groups -OCH3 is 1. The summed E-state index contributed by atoms with van der Waals surface area (Å²) in [6.07, 6.45) is 1.53. The Labute approximate surface area is 108 Å². The third-order valence-corrected chi connectivity index (χ3v) is 2.63. The lowest BCUT2D eigenvalue weighted by Crippen LogP contribution is -2.01. The molecule has 0 fully saturated rings. The number of nitrogens with zero attached hydrogens (tertiary/aromatic N) is 3. The number of rotatable bonds is 3. The highest BCUT2D eigenvalue weighted by molar-refractivity contribution is 5.90. The van der Waals surface area contributed by atoms with Crippen LogP contribution in [0.5, 0.6) is 0 Å². The summed E-state index contributed by atoms with van der Waals surface area (Å²) < 4.78 is 6.11. The molecule has 0 aliphatic carbocycles. The van der Waals surface area contributed by atoms with Crippen LogP contribution in [0.1, 0.15) is 16.1 Å². The van der Waals surface area contributed by atoms with E-state index in [1.165, 1.54) is 30.1 Å². The molecule has 1 aromatic heterocycles. The van der Waals surface area contributed by atoms with Crippen molar-refractivity contribution in [3.63, 3.8) is 0 Å². The number of benzene rings is 1. The maximum atomic E-state index is 11.5. The Kier molecular flexibility index (Phi) is 3.28. The lowest BCUT2D eigenvalue weighted by Gasteiger charge is -1.99. The topological polar surface area (TPSA) is 87.3 Å². The minimum Gasteiger partial charge on any atom is -0.465 e. The van der Waals surface area contributed by atoms with Crippen molar-refractivity contribution >= 4 is 11.7 Å². The predicted molar refractivity (Wildman–Crippen MR) is 66.3 cm³/mol. The normalized spacial score (nSPS) is 10.2. The molecule has 0 amide bonds. The van der Waals surface area contributed by atoms with Gasteiger partial charge in [0.05, 0.1) is 23.4 Å². The van der Waals surface area contributed by atoms with Gasteiger partial charge in [-0.05, 0) is 19.1 Å². The molecular formula is C12H11N3O4. The largest absolute Gasteiger partial charge is 0.465 e. The number of esters is 1. The van der Waals surface area contributed by atoms with Crippen LogP contribution in [0.25, 0.3) is 5.69 Å². The van der Waals surface area contributed by atoms with E-state index in [0.717, 1.165) is 0 Å². The fourth-order valence-electron chi connectivity index (χ4n) is 1.63. The summed E-state index contributed by atoms with van der Waals surface area (Å²) in [7, 11) is 1.30. The average molecular weight is 261 g/mol. The summed E-state index contributed by atoms with van der Waals surface area (Å²) in [6.45, 7) is 1.69. The van der Waals surface area contributed by atoms with Crippen LogP contribution >= 0.6 is 0 Å². The Morgan fingerprint density at radius 1 is 1.37 bits per heavy atom. The van der Waals surface area contributed by atoms with Crippen LogP contribution in [-0.4, -0.2) is 27.8 Å². The van der Waals surface area contributed by atoms with E-state index in [1.54, 1.807) is 19.1 Å². The van der Waals surface area contributed by atoms with Crippen LogP contribution in [0, 0.1) is 17.0 Å². The highest BCUT2D eigenvalue weighted by atomic mass is 16.6. The summed E-state index contributed by atoms with van der Waals surface area (Å²) in [5.41, 5.74) is 1.52. The second-order valence-electron chi connectivity index (χ2n) is 3.84. The van der Waals surface area contributed by atoms with Crippen LogP contribution < -0.4 is 0 Å². The molecule has 0 unspecified atom stereocenters. The third kappa shape index (κ3) is 2.44. The SMILES string of the molecule is COC(=O)c1cn(-c2ccc([N+](=O)[O-])cc2)nc1C. The van der Waals surface area contributed by atoms with E-state index in [2.05, 4.69) is 9.84 Å². The van der Waals surface area contributed by atoms with Crippen molar-refractivity contribution < 1.29 is 14.5 Å². The number of carbonyl (C=O) groups excluding carboxylic acids is 1. The molecule has 2 rings (SSSR count). The fourth-order valence-corrected chi connectivity index (χ4v) is 1.63. The summed E-state index contributed by atoms with van der Waals surface area (Å²) >= 11 is 0. The van der Waals surface area contributed by atoms with Gasteiger partial charge in [0, 0.05) is 18.3 Å². The molecule has 0 N–H and O–H groups in total. The minimum atomic E-state index is -0.474. The van der Waals surface area contributed by atoms with E-state index < -0.39 is 10.9 Å². The van der Waals surface area contributed by atoms with Crippen LogP contribution in [0.4, 0.5) is 5.69 Å². The lowest BCUT2D eigenvalue weighted by molar-refractivity contribution is -0.384. The lowest BCUT2D eigenvalue weighted by atomic mass is 10.2. The second-order valence-corrected chi connectivity index (χ2v) is 3.84. The van der Waals surface area contributed by atoms with E-state index in [1.807, 2.05) is 0 Å². The Bertz CT molecular complexity index is 631. The van der Waals surface area contributed by atoms with Crippen molar-refractivity contribution in [1.29, 1.82) is 0 Å². The number of ether oxygens (including phenoxy) is 1. The van der Waals surface area contributed by atoms with Gasteiger partial charge in [0.25, 0.3) is 5.69 Å². The van der Waals surface area contributed by atoms with Gasteiger partial charge in [-0.1, -0.05) is 0 Å². The molecular weight excluding hydrogens is 250 g/mol. The Hall–Kier alpha value is -2.70. The van der Waals surface area contributed by atoms with Gasteiger partial charge in [-0.15, -0.1) is 0 Å². The van der Waals surface area contributed by atoms with Crippen molar-refractivity contribution in [2.75, 3.05) is 7.11 Å². The van der Waals surface area contributed by atoms with E-state index in [-0.39, 0.29) is 5.69 Å². The van der Waals surface area contributed by atoms with Crippen LogP contribution in [0.15, 0.2) is 30.5 Å². The number of hydrogen-bond donors (Lipinski definition) is 0. The number of aryl methyl sites for hydroxylation is 1. The number of hydrogen-bond acceptors (Lipinski definition) is 5.